The zero-order chi connectivity index (χ0) is 71.1. The van der Waals surface area contributed by atoms with Crippen molar-refractivity contribution < 1.29 is 42.1 Å². The number of phosphoric acid groups is 1. The summed E-state index contributed by atoms with van der Waals surface area (Å²) in [6.45, 7) is 4.18. The van der Waals surface area contributed by atoms with Gasteiger partial charge in [0.25, 0.3) is 0 Å². The van der Waals surface area contributed by atoms with Crippen LogP contribution >= 0.6 is 7.82 Å². The average Bonchev–Trinajstić information content (AvgIpc) is 1.08. The Morgan fingerprint density at radius 3 is 0.816 bits per heavy atom. The summed E-state index contributed by atoms with van der Waals surface area (Å²) in [5.74, 6) is -0.820. The number of allylic oxidation sites excluding steroid dienone is 34. The van der Waals surface area contributed by atoms with Gasteiger partial charge in [-0.05, 0) is 148 Å². The van der Waals surface area contributed by atoms with Gasteiger partial charge in [0.15, 0.2) is 6.10 Å². The van der Waals surface area contributed by atoms with Crippen LogP contribution < -0.4 is 0 Å². The Balaban J connectivity index is 4.11. The summed E-state index contributed by atoms with van der Waals surface area (Å²) >= 11 is 0. The predicted octanol–water partition coefficient (Wildman–Crippen LogP) is 26.2. The Kier molecular flexibility index (Phi) is 71.6. The number of nitrogens with zero attached hydrogens (tertiary/aromatic N) is 1. The molecule has 10 heteroatoms. The molecule has 2 atom stereocenters. The molecular weight excluding hydrogens is 1230 g/mol. The summed E-state index contributed by atoms with van der Waals surface area (Å²) in [5, 5.41) is 0. The van der Waals surface area contributed by atoms with E-state index in [9.17, 15) is 19.0 Å². The van der Waals surface area contributed by atoms with E-state index in [2.05, 4.69) is 220 Å². The molecule has 0 saturated heterocycles. The van der Waals surface area contributed by atoms with E-state index >= 15 is 0 Å². The van der Waals surface area contributed by atoms with Crippen molar-refractivity contribution >= 4 is 19.8 Å². The number of hydrogen-bond acceptors (Lipinski definition) is 7. The first-order chi connectivity index (χ1) is 48.0. The molecule has 98 heavy (non-hydrogen) atoms. The van der Waals surface area contributed by atoms with Crippen LogP contribution in [0.3, 0.4) is 0 Å². The standard InChI is InChI=1S/C88H142NO8P/c1-6-8-10-12-14-16-18-20-22-24-26-28-30-32-34-36-38-40-41-42-43-44-45-46-47-49-51-53-55-57-59-61-63-65-67-69-71-73-75-77-79-81-88(91)97-86(85-96-98(92,93)95-83-82-89(3,4)5)84-94-87(90)80-78-76-74-72-70-68-66-64-62-60-58-56-54-52-50-48-39-37-35-33-31-29-27-25-23-21-19-17-15-13-11-9-7-2/h8-11,14-17,20-23,26-29,32-35,38-40,42-43,45-46,48-49,51,55,57,61,63,86H,6-7,12-13,18-19,24-25,30-31,36-37,41,44,47,50,52-54,56,58-60,62,64-85H2,1-5H3/p+1/b10-8-,11-9-,16-14-,17-15-,22-20-,23-21-,28-26-,29-27-,34-32-,35-33-,40-38-,43-42-,46-45-,48-39-,51-49-,57-55-,63-61-. The largest absolute Gasteiger partial charge is 0.472 e. The van der Waals surface area contributed by atoms with Crippen LogP contribution in [0, 0.1) is 0 Å². The van der Waals surface area contributed by atoms with E-state index in [-0.39, 0.29) is 32.0 Å². The molecule has 0 aromatic heterocycles. The van der Waals surface area contributed by atoms with Crippen LogP contribution in [0.5, 0.6) is 0 Å². The van der Waals surface area contributed by atoms with Crippen molar-refractivity contribution in [3.05, 3.63) is 207 Å². The Hall–Kier alpha value is -5.41. The highest BCUT2D eigenvalue weighted by atomic mass is 31.2. The molecule has 0 amide bonds. The molecule has 0 radical (unpaired) electrons. The fourth-order valence-corrected chi connectivity index (χ4v) is 10.7. The highest BCUT2D eigenvalue weighted by Gasteiger charge is 2.27. The van der Waals surface area contributed by atoms with E-state index in [0.717, 1.165) is 154 Å². The molecular formula is C88H143NO8P+. The lowest BCUT2D eigenvalue weighted by molar-refractivity contribution is -0.870. The van der Waals surface area contributed by atoms with Gasteiger partial charge in [0.1, 0.15) is 19.8 Å². The number of carbonyl (C=O) groups excluding carboxylic acids is 2. The Labute approximate surface area is 602 Å². The SMILES string of the molecule is CC/C=C\C/C=C\C/C=C\C/C=C\C/C=C\C/C=C\C/C=C\C/C=C\C/C=C\C/C=C\C/C=C\CCCCCCCCCC(=O)OC(COC(=O)CCCCCCCCCCCCCCCC/C=C\C/C=C\C/C=C\C/C=C\C/C=C\C/C=C\CC)COP(=O)(O)OCC[N+](C)(C)C. The third-order valence-corrected chi connectivity index (χ3v) is 16.8. The quantitative estimate of drug-likeness (QED) is 0.0211. The zero-order valence-electron chi connectivity index (χ0n) is 62.9. The van der Waals surface area contributed by atoms with Gasteiger partial charge in [-0.2, -0.15) is 0 Å². The molecule has 0 heterocycles. The molecule has 0 aliphatic carbocycles. The molecule has 9 nitrogen and oxygen atoms in total. The van der Waals surface area contributed by atoms with E-state index in [1.807, 2.05) is 21.1 Å². The van der Waals surface area contributed by atoms with Gasteiger partial charge in [0, 0.05) is 12.8 Å². The molecule has 0 aromatic carbocycles. The van der Waals surface area contributed by atoms with Gasteiger partial charge >= 0.3 is 19.8 Å². The minimum atomic E-state index is -4.41. The molecule has 0 aliphatic rings. The van der Waals surface area contributed by atoms with Gasteiger partial charge in [-0.3, -0.25) is 18.6 Å². The van der Waals surface area contributed by atoms with Gasteiger partial charge in [-0.25, -0.2) is 4.57 Å². The number of phosphoric ester groups is 1. The minimum Gasteiger partial charge on any atom is -0.462 e. The predicted molar refractivity (Wildman–Crippen MR) is 426 cm³/mol. The van der Waals surface area contributed by atoms with E-state index in [0.29, 0.717) is 17.4 Å². The summed E-state index contributed by atoms with van der Waals surface area (Å²) in [4.78, 5) is 36.0. The summed E-state index contributed by atoms with van der Waals surface area (Å²) in [5.41, 5.74) is 0. The second-order valence-electron chi connectivity index (χ2n) is 26.3. The molecule has 552 valence electrons. The van der Waals surface area contributed by atoms with Gasteiger partial charge in [-0.1, -0.05) is 330 Å². The number of likely N-dealkylation sites (N-methyl/N-ethyl adjacent to an activating group) is 1. The van der Waals surface area contributed by atoms with Crippen LogP contribution in [0.1, 0.15) is 284 Å². The van der Waals surface area contributed by atoms with Crippen molar-refractivity contribution in [3.63, 3.8) is 0 Å². The average molecular weight is 1370 g/mol. The fourth-order valence-electron chi connectivity index (χ4n) is 9.97. The van der Waals surface area contributed by atoms with Crippen molar-refractivity contribution in [3.8, 4) is 0 Å². The maximum absolute atomic E-state index is 12.9. The lowest BCUT2D eigenvalue weighted by Gasteiger charge is -2.24. The van der Waals surface area contributed by atoms with Crippen molar-refractivity contribution in [1.82, 2.24) is 0 Å². The molecule has 0 fully saturated rings. The Bertz CT molecular complexity index is 2410. The van der Waals surface area contributed by atoms with Crippen molar-refractivity contribution in [1.29, 1.82) is 0 Å². The van der Waals surface area contributed by atoms with Crippen LogP contribution in [0.25, 0.3) is 0 Å². The summed E-state index contributed by atoms with van der Waals surface area (Å²) in [7, 11) is 1.45. The van der Waals surface area contributed by atoms with Gasteiger partial charge in [0.2, 0.25) is 0 Å². The third-order valence-electron chi connectivity index (χ3n) is 15.8. The fraction of sp³-hybridized carbons (Fsp3) is 0.591. The van der Waals surface area contributed by atoms with Gasteiger partial charge in [0.05, 0.1) is 27.7 Å². The summed E-state index contributed by atoms with van der Waals surface area (Å²) < 4.78 is 34.8. The van der Waals surface area contributed by atoms with Gasteiger partial charge < -0.3 is 18.9 Å². The van der Waals surface area contributed by atoms with Crippen molar-refractivity contribution in [2.24, 2.45) is 0 Å². The number of quaternary nitrogens is 1. The lowest BCUT2D eigenvalue weighted by Crippen LogP contribution is -2.37. The zero-order valence-corrected chi connectivity index (χ0v) is 63.8. The monoisotopic (exact) mass is 1370 g/mol. The maximum atomic E-state index is 12.9. The second kappa shape index (κ2) is 75.8. The number of esters is 2. The van der Waals surface area contributed by atoms with Crippen molar-refractivity contribution in [2.45, 2.75) is 290 Å². The molecule has 1 N–H and O–H groups in total. The first-order valence-electron chi connectivity index (χ1n) is 38.8. The molecule has 0 rings (SSSR count). The van der Waals surface area contributed by atoms with E-state index in [1.54, 1.807) is 0 Å². The maximum Gasteiger partial charge on any atom is 0.472 e. The van der Waals surface area contributed by atoms with Crippen molar-refractivity contribution in [2.75, 3.05) is 47.5 Å². The highest BCUT2D eigenvalue weighted by Crippen LogP contribution is 2.43. The lowest BCUT2D eigenvalue weighted by atomic mass is 10.0. The van der Waals surface area contributed by atoms with Gasteiger partial charge in [-0.15, -0.1) is 0 Å². The summed E-state index contributed by atoms with van der Waals surface area (Å²) in [6, 6.07) is 0. The van der Waals surface area contributed by atoms with E-state index in [1.165, 1.54) is 96.3 Å². The van der Waals surface area contributed by atoms with E-state index in [4.69, 9.17) is 18.5 Å². The number of hydrogen-bond donors (Lipinski definition) is 1. The van der Waals surface area contributed by atoms with E-state index < -0.39 is 26.5 Å². The van der Waals surface area contributed by atoms with Crippen LogP contribution in [0.4, 0.5) is 0 Å². The topological polar surface area (TPSA) is 108 Å². The first kappa shape index (κ1) is 92.6. The molecule has 0 aromatic rings. The normalized spacial score (nSPS) is 14.2. The number of ether oxygens (including phenoxy) is 2. The highest BCUT2D eigenvalue weighted by molar-refractivity contribution is 7.47. The Morgan fingerprint density at radius 1 is 0.316 bits per heavy atom. The molecule has 2 unspecified atom stereocenters. The number of carbonyl (C=O) groups is 2. The molecule has 0 aliphatic heterocycles. The number of unbranched alkanes of at least 4 members (excludes halogenated alkanes) is 21. The van der Waals surface area contributed by atoms with Crippen LogP contribution in [-0.4, -0.2) is 74.9 Å². The smallest absolute Gasteiger partial charge is 0.462 e. The van der Waals surface area contributed by atoms with Crippen LogP contribution in [0.2, 0.25) is 0 Å². The Morgan fingerprint density at radius 2 is 0.551 bits per heavy atom. The second-order valence-corrected chi connectivity index (χ2v) is 27.7. The molecule has 0 saturated carbocycles. The van der Waals surface area contributed by atoms with Crippen LogP contribution in [-0.2, 0) is 32.7 Å². The molecule has 0 bridgehead atoms. The third kappa shape index (κ3) is 79.6. The van der Waals surface area contributed by atoms with Crippen LogP contribution in [0.15, 0.2) is 207 Å². The first-order valence-corrected chi connectivity index (χ1v) is 40.3. The molecule has 0 spiro atoms. The minimum absolute atomic E-state index is 0.0195. The number of rotatable bonds is 69. The summed E-state index contributed by atoms with van der Waals surface area (Å²) in [6.07, 6.45) is 119.